The van der Waals surface area contributed by atoms with Gasteiger partial charge in [0.15, 0.2) is 17.4 Å². The second kappa shape index (κ2) is 5.33. The predicted molar refractivity (Wildman–Crippen MR) is 57.9 cm³/mol. The lowest BCUT2D eigenvalue weighted by Crippen LogP contribution is -2.39. The number of morpholine rings is 1. The Balaban J connectivity index is 2.01. The largest absolute Gasteiger partial charge is 0.379 e. The quantitative estimate of drug-likeness (QED) is 0.751. The minimum Gasteiger partial charge on any atom is -0.379 e. The molecule has 17 heavy (non-hydrogen) atoms. The van der Waals surface area contributed by atoms with Crippen LogP contribution < -0.4 is 0 Å². The molecule has 0 aliphatic carbocycles. The predicted octanol–water partition coefficient (Wildman–Crippen LogP) is 1.48. The van der Waals surface area contributed by atoms with E-state index in [4.69, 9.17) is 4.74 Å². The number of benzene rings is 1. The Hall–Kier alpha value is -1.33. The van der Waals surface area contributed by atoms with E-state index in [0.29, 0.717) is 26.3 Å². The van der Waals surface area contributed by atoms with Crippen molar-refractivity contribution < 1.29 is 18.3 Å². The summed E-state index contributed by atoms with van der Waals surface area (Å²) in [6.07, 6.45) is 0. The van der Waals surface area contributed by atoms with Gasteiger partial charge in [-0.3, -0.25) is 9.69 Å². The molecule has 1 aromatic rings. The minimum absolute atomic E-state index is 0.203. The molecule has 5 heteroatoms. The average Bonchev–Trinajstić information content (AvgIpc) is 2.34. The summed E-state index contributed by atoms with van der Waals surface area (Å²) >= 11 is 0. The van der Waals surface area contributed by atoms with Gasteiger partial charge in [0, 0.05) is 18.7 Å². The van der Waals surface area contributed by atoms with Crippen molar-refractivity contribution in [1.82, 2.24) is 4.90 Å². The van der Waals surface area contributed by atoms with Crippen molar-refractivity contribution in [3.8, 4) is 0 Å². The van der Waals surface area contributed by atoms with Gasteiger partial charge < -0.3 is 4.74 Å². The molecule has 1 heterocycles. The van der Waals surface area contributed by atoms with Crippen LogP contribution >= 0.6 is 0 Å². The van der Waals surface area contributed by atoms with Crippen LogP contribution in [-0.4, -0.2) is 43.5 Å². The van der Waals surface area contributed by atoms with Crippen molar-refractivity contribution in [2.75, 3.05) is 32.8 Å². The van der Waals surface area contributed by atoms with Crippen molar-refractivity contribution in [2.45, 2.75) is 0 Å². The summed E-state index contributed by atoms with van der Waals surface area (Å²) < 4.78 is 30.8. The first-order valence-corrected chi connectivity index (χ1v) is 5.45. The third kappa shape index (κ3) is 3.08. The molecule has 1 saturated heterocycles. The van der Waals surface area contributed by atoms with Crippen molar-refractivity contribution in [3.05, 3.63) is 35.4 Å². The van der Waals surface area contributed by atoms with E-state index in [0.717, 1.165) is 12.1 Å². The molecule has 1 aliphatic heterocycles. The van der Waals surface area contributed by atoms with Gasteiger partial charge in [-0.05, 0) is 18.2 Å². The molecule has 0 aromatic heterocycles. The lowest BCUT2D eigenvalue weighted by molar-refractivity contribution is 0.0371. The van der Waals surface area contributed by atoms with Crippen LogP contribution in [0.4, 0.5) is 8.78 Å². The minimum atomic E-state index is -0.988. The molecular weight excluding hydrogens is 228 g/mol. The number of nitrogens with zero attached hydrogens (tertiary/aromatic N) is 1. The number of ketones is 1. The lowest BCUT2D eigenvalue weighted by atomic mass is 10.1. The first-order chi connectivity index (χ1) is 8.16. The second-order valence-corrected chi connectivity index (χ2v) is 3.94. The molecule has 0 bridgehead atoms. The fourth-order valence-corrected chi connectivity index (χ4v) is 1.72. The number of ether oxygens (including phenoxy) is 1. The van der Waals surface area contributed by atoms with Crippen LogP contribution in [0.1, 0.15) is 10.4 Å². The van der Waals surface area contributed by atoms with Gasteiger partial charge in [0.25, 0.3) is 0 Å². The summed E-state index contributed by atoms with van der Waals surface area (Å²) in [6, 6.07) is 3.22. The highest BCUT2D eigenvalue weighted by atomic mass is 19.2. The summed E-state index contributed by atoms with van der Waals surface area (Å²) in [5, 5.41) is 0. The fraction of sp³-hybridized carbons (Fsp3) is 0.417. The van der Waals surface area contributed by atoms with Gasteiger partial charge in [0.1, 0.15) is 0 Å². The number of carbonyl (C=O) groups is 1. The Morgan fingerprint density at radius 2 is 1.94 bits per heavy atom. The first kappa shape index (κ1) is 12.1. The second-order valence-electron chi connectivity index (χ2n) is 3.94. The zero-order valence-corrected chi connectivity index (χ0v) is 9.29. The molecule has 0 amide bonds. The molecule has 0 unspecified atom stereocenters. The van der Waals surface area contributed by atoms with E-state index in [-0.39, 0.29) is 17.9 Å². The monoisotopic (exact) mass is 241 g/mol. The van der Waals surface area contributed by atoms with Crippen LogP contribution in [0.15, 0.2) is 18.2 Å². The van der Waals surface area contributed by atoms with Gasteiger partial charge in [-0.15, -0.1) is 0 Å². The fourth-order valence-electron chi connectivity index (χ4n) is 1.72. The van der Waals surface area contributed by atoms with Crippen molar-refractivity contribution in [2.24, 2.45) is 0 Å². The summed E-state index contributed by atoms with van der Waals surface area (Å²) in [7, 11) is 0. The Bertz CT molecular complexity index is 417. The van der Waals surface area contributed by atoms with Crippen molar-refractivity contribution >= 4 is 5.78 Å². The van der Waals surface area contributed by atoms with E-state index in [2.05, 4.69) is 0 Å². The molecule has 0 radical (unpaired) electrons. The SMILES string of the molecule is O=C(CN1CCOCC1)c1ccc(F)c(F)c1. The Morgan fingerprint density at radius 1 is 1.24 bits per heavy atom. The van der Waals surface area contributed by atoms with Gasteiger partial charge in [-0.25, -0.2) is 8.78 Å². The number of carbonyl (C=O) groups excluding carboxylic acids is 1. The molecule has 0 spiro atoms. The Morgan fingerprint density at radius 3 is 2.59 bits per heavy atom. The van der Waals surface area contributed by atoms with E-state index in [1.807, 2.05) is 4.90 Å². The summed E-state index contributed by atoms with van der Waals surface area (Å²) in [6.45, 7) is 2.80. The molecular formula is C12H13F2NO2. The number of hydrogen-bond donors (Lipinski definition) is 0. The molecule has 92 valence electrons. The van der Waals surface area contributed by atoms with Crippen molar-refractivity contribution in [3.63, 3.8) is 0 Å². The Kier molecular flexibility index (Phi) is 3.81. The standard InChI is InChI=1S/C12H13F2NO2/c13-10-2-1-9(7-11(10)14)12(16)8-15-3-5-17-6-4-15/h1-2,7H,3-6,8H2. The molecule has 3 nitrogen and oxygen atoms in total. The third-order valence-corrected chi connectivity index (χ3v) is 2.71. The zero-order chi connectivity index (χ0) is 12.3. The molecule has 1 fully saturated rings. The summed E-state index contributed by atoms with van der Waals surface area (Å²) in [5.41, 5.74) is 0.204. The zero-order valence-electron chi connectivity index (χ0n) is 9.29. The van der Waals surface area contributed by atoms with E-state index in [1.54, 1.807) is 0 Å². The van der Waals surface area contributed by atoms with Crippen LogP contribution in [0.25, 0.3) is 0 Å². The molecule has 1 aromatic carbocycles. The first-order valence-electron chi connectivity index (χ1n) is 5.45. The van der Waals surface area contributed by atoms with Gasteiger partial charge in [-0.2, -0.15) is 0 Å². The van der Waals surface area contributed by atoms with Crippen LogP contribution in [0, 0.1) is 11.6 Å². The maximum absolute atomic E-state index is 13.0. The lowest BCUT2D eigenvalue weighted by Gasteiger charge is -2.25. The molecule has 2 rings (SSSR count). The van der Waals surface area contributed by atoms with Gasteiger partial charge >= 0.3 is 0 Å². The smallest absolute Gasteiger partial charge is 0.176 e. The number of hydrogen-bond acceptors (Lipinski definition) is 3. The van der Waals surface area contributed by atoms with Gasteiger partial charge in [-0.1, -0.05) is 0 Å². The average molecular weight is 241 g/mol. The summed E-state index contributed by atoms with van der Waals surface area (Å²) in [5.74, 6) is -2.13. The van der Waals surface area contributed by atoms with Gasteiger partial charge in [0.05, 0.1) is 19.8 Å². The summed E-state index contributed by atoms with van der Waals surface area (Å²) in [4.78, 5) is 13.7. The highest BCUT2D eigenvalue weighted by Crippen LogP contribution is 2.10. The normalized spacial score (nSPS) is 17.1. The van der Waals surface area contributed by atoms with Crippen LogP contribution in [0.2, 0.25) is 0 Å². The molecule has 0 N–H and O–H groups in total. The number of halogens is 2. The topological polar surface area (TPSA) is 29.5 Å². The maximum atomic E-state index is 13.0. The highest BCUT2D eigenvalue weighted by molar-refractivity contribution is 5.97. The van der Waals surface area contributed by atoms with E-state index in [9.17, 15) is 13.6 Å². The third-order valence-electron chi connectivity index (χ3n) is 2.71. The van der Waals surface area contributed by atoms with Crippen LogP contribution in [-0.2, 0) is 4.74 Å². The van der Waals surface area contributed by atoms with E-state index in [1.165, 1.54) is 6.07 Å². The number of rotatable bonds is 3. The van der Waals surface area contributed by atoms with E-state index >= 15 is 0 Å². The van der Waals surface area contributed by atoms with E-state index < -0.39 is 11.6 Å². The Labute approximate surface area is 98.0 Å². The highest BCUT2D eigenvalue weighted by Gasteiger charge is 2.16. The van der Waals surface area contributed by atoms with Crippen LogP contribution in [0.5, 0.6) is 0 Å². The molecule has 1 aliphatic rings. The molecule has 0 atom stereocenters. The number of Topliss-reactive ketones (excluding diaryl/α,β-unsaturated/α-hetero) is 1. The van der Waals surface area contributed by atoms with Crippen molar-refractivity contribution in [1.29, 1.82) is 0 Å². The van der Waals surface area contributed by atoms with Crippen LogP contribution in [0.3, 0.4) is 0 Å². The molecule has 0 saturated carbocycles. The van der Waals surface area contributed by atoms with Gasteiger partial charge in [0.2, 0.25) is 0 Å². The maximum Gasteiger partial charge on any atom is 0.176 e.